The van der Waals surface area contributed by atoms with E-state index < -0.39 is 21.5 Å². The van der Waals surface area contributed by atoms with Crippen LogP contribution >= 0.6 is 15.9 Å². The van der Waals surface area contributed by atoms with Crippen LogP contribution in [0.2, 0.25) is 0 Å². The minimum absolute atomic E-state index is 0.200. The van der Waals surface area contributed by atoms with Crippen LogP contribution in [0.15, 0.2) is 46.9 Å². The molecule has 2 N–H and O–H groups in total. The number of rotatable bonds is 5. The lowest BCUT2D eigenvalue weighted by Gasteiger charge is -2.08. The molecular weight excluding hydrogens is 408 g/mol. The lowest BCUT2D eigenvalue weighted by molar-refractivity contribution is -0.113. The second kappa shape index (κ2) is 6.97. The molecule has 0 aromatic heterocycles. The van der Waals surface area contributed by atoms with Crippen molar-refractivity contribution in [2.24, 2.45) is 0 Å². The van der Waals surface area contributed by atoms with Crippen LogP contribution in [-0.4, -0.2) is 26.0 Å². The van der Waals surface area contributed by atoms with Gasteiger partial charge < -0.3 is 10.6 Å². The summed E-state index contributed by atoms with van der Waals surface area (Å²) in [6.45, 7) is 0.462. The Balaban J connectivity index is 1.64. The van der Waals surface area contributed by atoms with Gasteiger partial charge in [-0.05, 0) is 35.4 Å². The molecule has 25 heavy (non-hydrogen) atoms. The first-order valence-electron chi connectivity index (χ1n) is 7.48. The van der Waals surface area contributed by atoms with Gasteiger partial charge in [0.05, 0.1) is 5.75 Å². The molecule has 1 aliphatic rings. The Hall–Kier alpha value is -2.19. The molecule has 0 fully saturated rings. The quantitative estimate of drug-likeness (QED) is 0.772. The number of carbonyl (C=O) groups is 2. The number of halogens is 1. The van der Waals surface area contributed by atoms with E-state index in [-0.39, 0.29) is 11.7 Å². The summed E-state index contributed by atoms with van der Waals surface area (Å²) in [7, 11) is -3.60. The standard InChI is InChI=1S/C17H15BrN2O4S/c18-13-4-1-11(2-5-13)9-25(23,24)10-16(21)20-14-6-3-12-8-19-17(22)15(12)7-14/h1-7H,8-10H2,(H,19,22)(H,20,21). The van der Waals surface area contributed by atoms with Gasteiger partial charge in [0, 0.05) is 22.3 Å². The zero-order chi connectivity index (χ0) is 18.0. The molecule has 3 rings (SSSR count). The molecule has 1 heterocycles. The molecule has 0 bridgehead atoms. The Kier molecular flexibility index (Phi) is 4.91. The number of nitrogens with one attached hydrogen (secondary N) is 2. The second-order valence-corrected chi connectivity index (χ2v) is 8.74. The van der Waals surface area contributed by atoms with Crippen LogP contribution < -0.4 is 10.6 Å². The number of hydrogen-bond acceptors (Lipinski definition) is 4. The Morgan fingerprint density at radius 3 is 2.60 bits per heavy atom. The first-order valence-corrected chi connectivity index (χ1v) is 10.1. The van der Waals surface area contributed by atoms with Crippen molar-refractivity contribution in [1.82, 2.24) is 5.32 Å². The Labute approximate surface area is 153 Å². The fourth-order valence-electron chi connectivity index (χ4n) is 2.57. The molecule has 6 nitrogen and oxygen atoms in total. The molecule has 0 radical (unpaired) electrons. The summed E-state index contributed by atoms with van der Waals surface area (Å²) >= 11 is 3.29. The maximum Gasteiger partial charge on any atom is 0.251 e. The highest BCUT2D eigenvalue weighted by Crippen LogP contribution is 2.20. The van der Waals surface area contributed by atoms with Crippen molar-refractivity contribution in [3.63, 3.8) is 0 Å². The van der Waals surface area contributed by atoms with E-state index in [1.54, 1.807) is 42.5 Å². The lowest BCUT2D eigenvalue weighted by Crippen LogP contribution is -2.24. The minimum Gasteiger partial charge on any atom is -0.348 e. The van der Waals surface area contributed by atoms with Crippen LogP contribution in [0.3, 0.4) is 0 Å². The van der Waals surface area contributed by atoms with E-state index in [1.165, 1.54) is 0 Å². The zero-order valence-corrected chi connectivity index (χ0v) is 15.5. The SMILES string of the molecule is O=C(CS(=O)(=O)Cc1ccc(Br)cc1)Nc1ccc2c(c1)C(=O)NC2. The van der Waals surface area contributed by atoms with Crippen molar-refractivity contribution in [3.8, 4) is 0 Å². The van der Waals surface area contributed by atoms with E-state index in [4.69, 9.17) is 0 Å². The van der Waals surface area contributed by atoms with Crippen molar-refractivity contribution in [2.75, 3.05) is 11.1 Å². The van der Waals surface area contributed by atoms with Crippen molar-refractivity contribution in [2.45, 2.75) is 12.3 Å². The number of fused-ring (bicyclic) bond motifs is 1. The normalized spacial score (nSPS) is 13.2. The molecular formula is C17H15BrN2O4S. The molecule has 130 valence electrons. The third-order valence-corrected chi connectivity index (χ3v) is 5.73. The summed E-state index contributed by atoms with van der Waals surface area (Å²) in [5, 5.41) is 5.22. The van der Waals surface area contributed by atoms with Crippen LogP contribution in [0.25, 0.3) is 0 Å². The van der Waals surface area contributed by atoms with E-state index in [9.17, 15) is 18.0 Å². The van der Waals surface area contributed by atoms with E-state index in [0.29, 0.717) is 23.4 Å². The average molecular weight is 423 g/mol. The van der Waals surface area contributed by atoms with Crippen molar-refractivity contribution >= 4 is 43.3 Å². The number of anilines is 1. The molecule has 0 aliphatic carbocycles. The molecule has 0 saturated heterocycles. The fraction of sp³-hybridized carbons (Fsp3) is 0.176. The summed E-state index contributed by atoms with van der Waals surface area (Å²) in [4.78, 5) is 23.7. The van der Waals surface area contributed by atoms with Gasteiger partial charge in [0.2, 0.25) is 5.91 Å². The predicted octanol–water partition coefficient (Wildman–Crippen LogP) is 2.25. The number of carbonyl (C=O) groups excluding carboxylic acids is 2. The molecule has 0 spiro atoms. The summed E-state index contributed by atoms with van der Waals surface area (Å²) in [5.74, 6) is -1.66. The molecule has 0 saturated carbocycles. The van der Waals surface area contributed by atoms with Crippen molar-refractivity contribution in [1.29, 1.82) is 0 Å². The van der Waals surface area contributed by atoms with Crippen LogP contribution in [-0.2, 0) is 26.9 Å². The topological polar surface area (TPSA) is 92.3 Å². The Morgan fingerprint density at radius 2 is 1.88 bits per heavy atom. The molecule has 8 heteroatoms. The van der Waals surface area contributed by atoms with Gasteiger partial charge in [-0.3, -0.25) is 9.59 Å². The van der Waals surface area contributed by atoms with Gasteiger partial charge in [-0.25, -0.2) is 8.42 Å². The van der Waals surface area contributed by atoms with Gasteiger partial charge >= 0.3 is 0 Å². The second-order valence-electron chi connectivity index (χ2n) is 5.76. The van der Waals surface area contributed by atoms with E-state index >= 15 is 0 Å². The predicted molar refractivity (Wildman–Crippen MR) is 97.9 cm³/mol. The van der Waals surface area contributed by atoms with Crippen LogP contribution in [0.4, 0.5) is 5.69 Å². The molecule has 0 unspecified atom stereocenters. The first kappa shape index (κ1) is 17.6. The Morgan fingerprint density at radius 1 is 1.16 bits per heavy atom. The number of sulfone groups is 1. The fourth-order valence-corrected chi connectivity index (χ4v) is 4.11. The lowest BCUT2D eigenvalue weighted by atomic mass is 10.1. The third kappa shape index (κ3) is 4.46. The Bertz CT molecular complexity index is 940. The maximum atomic E-state index is 12.2. The summed E-state index contributed by atoms with van der Waals surface area (Å²) in [5.41, 5.74) is 2.37. The van der Waals surface area contributed by atoms with E-state index in [2.05, 4.69) is 26.6 Å². The maximum absolute atomic E-state index is 12.2. The van der Waals surface area contributed by atoms with Crippen molar-refractivity contribution in [3.05, 3.63) is 63.6 Å². The molecule has 2 aromatic carbocycles. The largest absolute Gasteiger partial charge is 0.348 e. The number of amides is 2. The van der Waals surface area contributed by atoms with Crippen LogP contribution in [0, 0.1) is 0 Å². The van der Waals surface area contributed by atoms with E-state index in [0.717, 1.165) is 10.0 Å². The number of hydrogen-bond donors (Lipinski definition) is 2. The van der Waals surface area contributed by atoms with Gasteiger partial charge in [0.15, 0.2) is 9.84 Å². The van der Waals surface area contributed by atoms with Crippen LogP contribution in [0.1, 0.15) is 21.5 Å². The summed E-state index contributed by atoms with van der Waals surface area (Å²) < 4.78 is 25.2. The van der Waals surface area contributed by atoms with Gasteiger partial charge in [0.1, 0.15) is 5.75 Å². The van der Waals surface area contributed by atoms with Gasteiger partial charge in [-0.1, -0.05) is 34.1 Å². The first-order chi connectivity index (χ1) is 11.8. The number of benzene rings is 2. The molecule has 2 aromatic rings. The highest BCUT2D eigenvalue weighted by atomic mass is 79.9. The highest BCUT2D eigenvalue weighted by molar-refractivity contribution is 9.10. The summed E-state index contributed by atoms with van der Waals surface area (Å²) in [6, 6.07) is 11.8. The zero-order valence-electron chi connectivity index (χ0n) is 13.1. The molecule has 2 amide bonds. The summed E-state index contributed by atoms with van der Waals surface area (Å²) in [6.07, 6.45) is 0. The molecule has 0 atom stereocenters. The van der Waals surface area contributed by atoms with Crippen molar-refractivity contribution < 1.29 is 18.0 Å². The third-order valence-electron chi connectivity index (χ3n) is 3.73. The highest BCUT2D eigenvalue weighted by Gasteiger charge is 2.21. The van der Waals surface area contributed by atoms with Gasteiger partial charge in [-0.2, -0.15) is 0 Å². The monoisotopic (exact) mass is 422 g/mol. The molecule has 1 aliphatic heterocycles. The smallest absolute Gasteiger partial charge is 0.251 e. The minimum atomic E-state index is -3.60. The van der Waals surface area contributed by atoms with Gasteiger partial charge in [-0.15, -0.1) is 0 Å². The van der Waals surface area contributed by atoms with Gasteiger partial charge in [0.25, 0.3) is 5.91 Å². The average Bonchev–Trinajstić information content (AvgIpc) is 2.90. The van der Waals surface area contributed by atoms with Crippen LogP contribution in [0.5, 0.6) is 0 Å². The van der Waals surface area contributed by atoms with E-state index in [1.807, 2.05) is 0 Å².